The van der Waals surface area contributed by atoms with Gasteiger partial charge in [-0.1, -0.05) is 30.3 Å². The highest BCUT2D eigenvalue weighted by molar-refractivity contribution is 7.18. The van der Waals surface area contributed by atoms with Crippen LogP contribution in [0, 0.1) is 0 Å². The number of esters is 1. The minimum atomic E-state index is -0.424. The molecule has 7 nitrogen and oxygen atoms in total. The first-order valence-corrected chi connectivity index (χ1v) is 10.1. The SMILES string of the molecule is CCOC(=O)c1cc(-c2sc(-c3ccccc3)nc2CN2CCOCC2)[nH]n1. The summed E-state index contributed by atoms with van der Waals surface area (Å²) in [7, 11) is 0. The number of benzene rings is 1. The smallest absolute Gasteiger partial charge is 0.358 e. The number of hydrogen-bond donors (Lipinski definition) is 1. The normalized spacial score (nSPS) is 14.9. The molecule has 8 heteroatoms. The molecule has 146 valence electrons. The second kappa shape index (κ2) is 8.64. The molecule has 0 saturated carbocycles. The molecule has 0 atom stereocenters. The first-order chi connectivity index (χ1) is 13.7. The zero-order chi connectivity index (χ0) is 19.3. The maximum atomic E-state index is 12.0. The van der Waals surface area contributed by atoms with Crippen molar-refractivity contribution in [1.82, 2.24) is 20.1 Å². The quantitative estimate of drug-likeness (QED) is 0.642. The van der Waals surface area contributed by atoms with Gasteiger partial charge in [-0.2, -0.15) is 5.10 Å². The van der Waals surface area contributed by atoms with E-state index < -0.39 is 5.97 Å². The number of H-pyrrole nitrogens is 1. The molecule has 0 amide bonds. The summed E-state index contributed by atoms with van der Waals surface area (Å²) < 4.78 is 10.5. The van der Waals surface area contributed by atoms with E-state index >= 15 is 0 Å². The van der Waals surface area contributed by atoms with Gasteiger partial charge < -0.3 is 9.47 Å². The third kappa shape index (κ3) is 4.14. The molecule has 0 radical (unpaired) electrons. The summed E-state index contributed by atoms with van der Waals surface area (Å²) in [5.41, 5.74) is 3.12. The van der Waals surface area contributed by atoms with Crippen LogP contribution in [0.1, 0.15) is 23.1 Å². The van der Waals surface area contributed by atoms with Crippen molar-refractivity contribution in [3.63, 3.8) is 0 Å². The van der Waals surface area contributed by atoms with Crippen molar-refractivity contribution in [1.29, 1.82) is 0 Å². The summed E-state index contributed by atoms with van der Waals surface area (Å²) in [6, 6.07) is 11.9. The highest BCUT2D eigenvalue weighted by atomic mass is 32.1. The largest absolute Gasteiger partial charge is 0.461 e. The molecule has 1 aromatic carbocycles. The number of carbonyl (C=O) groups excluding carboxylic acids is 1. The van der Waals surface area contributed by atoms with Gasteiger partial charge in [0.05, 0.1) is 36.1 Å². The molecule has 0 unspecified atom stereocenters. The topological polar surface area (TPSA) is 80.3 Å². The lowest BCUT2D eigenvalue weighted by atomic mass is 10.2. The Balaban J connectivity index is 1.67. The summed E-state index contributed by atoms with van der Waals surface area (Å²) >= 11 is 1.60. The third-order valence-electron chi connectivity index (χ3n) is 4.50. The number of aromatic amines is 1. The lowest BCUT2D eigenvalue weighted by Crippen LogP contribution is -2.35. The Hall–Kier alpha value is -2.55. The van der Waals surface area contributed by atoms with Crippen LogP contribution in [0.5, 0.6) is 0 Å². The van der Waals surface area contributed by atoms with Gasteiger partial charge in [-0.05, 0) is 13.0 Å². The highest BCUT2D eigenvalue weighted by Gasteiger charge is 2.21. The van der Waals surface area contributed by atoms with Crippen LogP contribution in [-0.2, 0) is 16.0 Å². The highest BCUT2D eigenvalue weighted by Crippen LogP contribution is 2.35. The van der Waals surface area contributed by atoms with E-state index in [0.29, 0.717) is 6.61 Å². The fourth-order valence-electron chi connectivity index (χ4n) is 3.09. The molecule has 28 heavy (non-hydrogen) atoms. The molecule has 3 heterocycles. The average Bonchev–Trinajstić information content (AvgIpc) is 3.37. The van der Waals surface area contributed by atoms with Crippen LogP contribution >= 0.6 is 11.3 Å². The van der Waals surface area contributed by atoms with Gasteiger partial charge in [0.15, 0.2) is 5.69 Å². The van der Waals surface area contributed by atoms with Crippen LogP contribution < -0.4 is 0 Å². The van der Waals surface area contributed by atoms with E-state index in [1.807, 2.05) is 18.2 Å². The van der Waals surface area contributed by atoms with Crippen molar-refractivity contribution in [2.24, 2.45) is 0 Å². The summed E-state index contributed by atoms with van der Waals surface area (Å²) in [5.74, 6) is -0.424. The third-order valence-corrected chi connectivity index (χ3v) is 5.68. The lowest BCUT2D eigenvalue weighted by Gasteiger charge is -2.26. The predicted octanol–water partition coefficient (Wildman–Crippen LogP) is 3.21. The van der Waals surface area contributed by atoms with E-state index in [-0.39, 0.29) is 5.69 Å². The van der Waals surface area contributed by atoms with Crippen molar-refractivity contribution in [3.05, 3.63) is 47.8 Å². The standard InChI is InChI=1S/C20H22N4O3S/c1-2-27-20(25)16-12-15(22-23-16)18-17(13-24-8-10-26-11-9-24)21-19(28-18)14-6-4-3-5-7-14/h3-7,12H,2,8-11,13H2,1H3,(H,22,23). The van der Waals surface area contributed by atoms with Crippen molar-refractivity contribution < 1.29 is 14.3 Å². The van der Waals surface area contributed by atoms with Gasteiger partial charge in [-0.15, -0.1) is 11.3 Å². The predicted molar refractivity (Wildman–Crippen MR) is 107 cm³/mol. The molecule has 0 spiro atoms. The number of aromatic nitrogens is 3. The molecule has 1 N–H and O–H groups in total. The minimum absolute atomic E-state index is 0.281. The van der Waals surface area contributed by atoms with Crippen LogP contribution in [0.3, 0.4) is 0 Å². The van der Waals surface area contributed by atoms with E-state index in [1.165, 1.54) is 0 Å². The van der Waals surface area contributed by atoms with E-state index in [2.05, 4.69) is 27.2 Å². The van der Waals surface area contributed by atoms with Gasteiger partial charge in [0.25, 0.3) is 0 Å². The van der Waals surface area contributed by atoms with Crippen molar-refractivity contribution in [2.75, 3.05) is 32.9 Å². The number of hydrogen-bond acceptors (Lipinski definition) is 7. The summed E-state index contributed by atoms with van der Waals surface area (Å²) in [6.45, 7) is 6.08. The Bertz CT molecular complexity index is 932. The molecule has 1 aliphatic heterocycles. The van der Waals surface area contributed by atoms with Crippen LogP contribution in [0.2, 0.25) is 0 Å². The molecule has 1 aliphatic rings. The molecule has 2 aromatic heterocycles. The average molecular weight is 398 g/mol. The molecule has 4 rings (SSSR count). The monoisotopic (exact) mass is 398 g/mol. The Morgan fingerprint density at radius 2 is 2.07 bits per heavy atom. The van der Waals surface area contributed by atoms with E-state index in [0.717, 1.165) is 59.7 Å². The van der Waals surface area contributed by atoms with E-state index in [4.69, 9.17) is 14.5 Å². The number of morpholine rings is 1. The number of carbonyl (C=O) groups is 1. The second-order valence-electron chi connectivity index (χ2n) is 6.44. The fourth-order valence-corrected chi connectivity index (χ4v) is 4.14. The van der Waals surface area contributed by atoms with Gasteiger partial charge >= 0.3 is 5.97 Å². The maximum Gasteiger partial charge on any atom is 0.358 e. The Morgan fingerprint density at radius 3 is 2.82 bits per heavy atom. The molecule has 1 saturated heterocycles. The molecule has 3 aromatic rings. The summed E-state index contributed by atoms with van der Waals surface area (Å²) in [5, 5.41) is 8.06. The Morgan fingerprint density at radius 1 is 1.29 bits per heavy atom. The number of thiazole rings is 1. The first kappa shape index (κ1) is 18.8. The minimum Gasteiger partial charge on any atom is -0.461 e. The Kier molecular flexibility index (Phi) is 5.80. The number of rotatable bonds is 6. The second-order valence-corrected chi connectivity index (χ2v) is 7.44. The van der Waals surface area contributed by atoms with Crippen LogP contribution in [-0.4, -0.2) is 59.0 Å². The van der Waals surface area contributed by atoms with Gasteiger partial charge in [-0.3, -0.25) is 10.00 Å². The van der Waals surface area contributed by atoms with Gasteiger partial charge in [-0.25, -0.2) is 9.78 Å². The van der Waals surface area contributed by atoms with Gasteiger partial charge in [0.2, 0.25) is 0 Å². The van der Waals surface area contributed by atoms with Crippen LogP contribution in [0.25, 0.3) is 21.1 Å². The Labute approximate surface area is 167 Å². The van der Waals surface area contributed by atoms with Gasteiger partial charge in [0, 0.05) is 25.2 Å². The first-order valence-electron chi connectivity index (χ1n) is 9.32. The zero-order valence-electron chi connectivity index (χ0n) is 15.7. The van der Waals surface area contributed by atoms with Crippen molar-refractivity contribution in [3.8, 4) is 21.1 Å². The molecule has 1 fully saturated rings. The van der Waals surface area contributed by atoms with Crippen molar-refractivity contribution in [2.45, 2.75) is 13.5 Å². The molecular formula is C20H22N4O3S. The zero-order valence-corrected chi connectivity index (χ0v) is 16.5. The fraction of sp³-hybridized carbons (Fsp3) is 0.350. The molecule has 0 bridgehead atoms. The summed E-state index contributed by atoms with van der Waals surface area (Å²) in [4.78, 5) is 20.2. The van der Waals surface area contributed by atoms with Crippen molar-refractivity contribution >= 4 is 17.3 Å². The summed E-state index contributed by atoms with van der Waals surface area (Å²) in [6.07, 6.45) is 0. The van der Waals surface area contributed by atoms with Crippen LogP contribution in [0.15, 0.2) is 36.4 Å². The number of nitrogens with one attached hydrogen (secondary N) is 1. The maximum absolute atomic E-state index is 12.0. The van der Waals surface area contributed by atoms with E-state index in [9.17, 15) is 4.79 Å². The molecule has 0 aliphatic carbocycles. The van der Waals surface area contributed by atoms with E-state index in [1.54, 1.807) is 24.3 Å². The molecular weight excluding hydrogens is 376 g/mol. The van der Waals surface area contributed by atoms with Gasteiger partial charge in [0.1, 0.15) is 5.01 Å². The number of nitrogens with zero attached hydrogens (tertiary/aromatic N) is 3. The lowest BCUT2D eigenvalue weighted by molar-refractivity contribution is 0.0338. The van der Waals surface area contributed by atoms with Crippen LogP contribution in [0.4, 0.5) is 0 Å². The number of ether oxygens (including phenoxy) is 2.